The molecule has 0 aliphatic carbocycles. The van der Waals surface area contributed by atoms with Gasteiger partial charge in [0.05, 0.1) is 5.69 Å². The van der Waals surface area contributed by atoms with Crippen molar-refractivity contribution in [3.8, 4) is 11.6 Å². The molecule has 0 saturated carbocycles. The minimum Gasteiger partial charge on any atom is -0.492 e. The number of aromatic nitrogens is 2. The molecule has 0 bridgehead atoms. The van der Waals surface area contributed by atoms with Crippen molar-refractivity contribution >= 4 is 38.5 Å². The SMILES string of the molecule is O=c1[nH]c(=O)n(-c2ccc(I)c(Br)c2)c(O)c1F. The molecule has 0 fully saturated rings. The van der Waals surface area contributed by atoms with Crippen LogP contribution in [0.25, 0.3) is 5.69 Å². The van der Waals surface area contributed by atoms with Crippen LogP contribution in [0.15, 0.2) is 32.3 Å². The highest BCUT2D eigenvalue weighted by Gasteiger charge is 2.15. The Morgan fingerprint density at radius 1 is 1.39 bits per heavy atom. The number of nitrogens with one attached hydrogen (secondary N) is 1. The van der Waals surface area contributed by atoms with Crippen molar-refractivity contribution in [2.24, 2.45) is 0 Å². The fraction of sp³-hybridized carbons (Fsp3) is 0. The molecule has 8 heteroatoms. The molecule has 0 radical (unpaired) electrons. The Kier molecular flexibility index (Phi) is 3.57. The van der Waals surface area contributed by atoms with E-state index in [0.29, 0.717) is 9.04 Å². The number of halogens is 3. The summed E-state index contributed by atoms with van der Waals surface area (Å²) in [5, 5.41) is 9.52. The second-order valence-electron chi connectivity index (χ2n) is 3.33. The first kappa shape index (κ1) is 13.3. The molecule has 1 aromatic carbocycles. The maximum atomic E-state index is 13.3. The fourth-order valence-corrected chi connectivity index (χ4v) is 2.07. The number of H-pyrrole nitrogens is 1. The molecule has 0 unspecified atom stereocenters. The van der Waals surface area contributed by atoms with Crippen molar-refractivity contribution < 1.29 is 9.50 Å². The number of hydrogen-bond acceptors (Lipinski definition) is 3. The van der Waals surface area contributed by atoms with Gasteiger partial charge in [0.2, 0.25) is 11.7 Å². The molecule has 18 heavy (non-hydrogen) atoms. The summed E-state index contributed by atoms with van der Waals surface area (Å²) in [6.45, 7) is 0. The zero-order valence-corrected chi connectivity index (χ0v) is 12.3. The lowest BCUT2D eigenvalue weighted by Gasteiger charge is -2.08. The van der Waals surface area contributed by atoms with Crippen LogP contribution < -0.4 is 11.2 Å². The van der Waals surface area contributed by atoms with Crippen molar-refractivity contribution in [1.82, 2.24) is 9.55 Å². The van der Waals surface area contributed by atoms with E-state index in [2.05, 4.69) is 38.5 Å². The molecule has 5 nitrogen and oxygen atoms in total. The lowest BCUT2D eigenvalue weighted by atomic mass is 10.3. The number of benzene rings is 1. The van der Waals surface area contributed by atoms with Gasteiger partial charge in [-0.15, -0.1) is 0 Å². The Labute approximate surface area is 122 Å². The normalized spacial score (nSPS) is 10.6. The van der Waals surface area contributed by atoms with Crippen LogP contribution in [0, 0.1) is 9.39 Å². The monoisotopic (exact) mass is 426 g/mol. The summed E-state index contributed by atoms with van der Waals surface area (Å²) in [7, 11) is 0. The highest BCUT2D eigenvalue weighted by atomic mass is 127. The van der Waals surface area contributed by atoms with Crippen molar-refractivity contribution in [1.29, 1.82) is 0 Å². The lowest BCUT2D eigenvalue weighted by molar-refractivity contribution is 0.386. The van der Waals surface area contributed by atoms with Crippen molar-refractivity contribution in [3.05, 3.63) is 52.9 Å². The first-order chi connectivity index (χ1) is 8.41. The maximum Gasteiger partial charge on any atom is 0.335 e. The summed E-state index contributed by atoms with van der Waals surface area (Å²) < 4.78 is 15.5. The molecule has 94 valence electrons. The van der Waals surface area contributed by atoms with Crippen LogP contribution in [-0.4, -0.2) is 14.7 Å². The predicted molar refractivity (Wildman–Crippen MR) is 74.7 cm³/mol. The van der Waals surface area contributed by atoms with Gasteiger partial charge in [0, 0.05) is 8.04 Å². The topological polar surface area (TPSA) is 75.1 Å². The van der Waals surface area contributed by atoms with Crippen LogP contribution in [0.5, 0.6) is 5.88 Å². The Bertz CT molecular complexity index is 741. The van der Waals surface area contributed by atoms with Crippen molar-refractivity contribution in [2.75, 3.05) is 0 Å². The standard InChI is InChI=1S/C10H5BrFIN2O3/c11-5-3-4(1-2-6(5)13)15-9(17)7(12)8(16)14-10(15)18/h1-3,17H,(H,14,16,18). The van der Waals surface area contributed by atoms with E-state index >= 15 is 0 Å². The number of nitrogens with zero attached hydrogens (tertiary/aromatic N) is 1. The molecular formula is C10H5BrFIN2O3. The molecular weight excluding hydrogens is 422 g/mol. The molecule has 1 aromatic heterocycles. The van der Waals surface area contributed by atoms with Crippen LogP contribution in [0.3, 0.4) is 0 Å². The van der Waals surface area contributed by atoms with Gasteiger partial charge < -0.3 is 5.11 Å². The van der Waals surface area contributed by atoms with Gasteiger partial charge >= 0.3 is 5.69 Å². The van der Waals surface area contributed by atoms with E-state index in [9.17, 15) is 19.1 Å². The molecule has 0 atom stereocenters. The minimum absolute atomic E-state index is 0.236. The smallest absolute Gasteiger partial charge is 0.335 e. The van der Waals surface area contributed by atoms with Gasteiger partial charge in [0.1, 0.15) is 0 Å². The molecule has 0 amide bonds. The average molecular weight is 427 g/mol. The van der Waals surface area contributed by atoms with Gasteiger partial charge in [-0.25, -0.2) is 9.36 Å². The summed E-state index contributed by atoms with van der Waals surface area (Å²) >= 11 is 5.32. The van der Waals surface area contributed by atoms with Crippen molar-refractivity contribution in [3.63, 3.8) is 0 Å². The predicted octanol–water partition coefficient (Wildman–Crippen LogP) is 1.74. The van der Waals surface area contributed by atoms with Crippen molar-refractivity contribution in [2.45, 2.75) is 0 Å². The molecule has 0 saturated heterocycles. The third-order valence-corrected chi connectivity index (χ3v) is 4.53. The molecule has 2 N–H and O–H groups in total. The second-order valence-corrected chi connectivity index (χ2v) is 5.35. The molecule has 0 aliphatic heterocycles. The minimum atomic E-state index is -1.40. The molecule has 1 heterocycles. The second kappa shape index (κ2) is 4.84. The fourth-order valence-electron chi connectivity index (χ4n) is 1.37. The number of rotatable bonds is 1. The third kappa shape index (κ3) is 2.21. The number of aromatic hydroxyl groups is 1. The number of aromatic amines is 1. The Balaban J connectivity index is 2.79. The summed E-state index contributed by atoms with van der Waals surface area (Å²) in [6, 6.07) is 4.72. The van der Waals surface area contributed by atoms with E-state index in [1.54, 1.807) is 11.1 Å². The largest absolute Gasteiger partial charge is 0.492 e. The maximum absolute atomic E-state index is 13.3. The van der Waals surface area contributed by atoms with Gasteiger partial charge in [-0.3, -0.25) is 9.78 Å². The summed E-state index contributed by atoms with van der Waals surface area (Å²) in [6.07, 6.45) is 0. The van der Waals surface area contributed by atoms with Gasteiger partial charge in [-0.1, -0.05) is 0 Å². The van der Waals surface area contributed by atoms with Gasteiger partial charge in [0.25, 0.3) is 5.56 Å². The first-order valence-corrected chi connectivity index (χ1v) is 6.48. The van der Waals surface area contributed by atoms with Crippen LogP contribution in [0.1, 0.15) is 0 Å². The lowest BCUT2D eigenvalue weighted by Crippen LogP contribution is -2.30. The third-order valence-electron chi connectivity index (χ3n) is 2.19. The van der Waals surface area contributed by atoms with E-state index in [4.69, 9.17) is 0 Å². The van der Waals surface area contributed by atoms with E-state index in [-0.39, 0.29) is 5.69 Å². The Morgan fingerprint density at radius 3 is 2.67 bits per heavy atom. The van der Waals surface area contributed by atoms with Crippen LogP contribution in [0.4, 0.5) is 4.39 Å². The first-order valence-electron chi connectivity index (χ1n) is 4.61. The van der Waals surface area contributed by atoms with E-state index < -0.39 is 22.9 Å². The van der Waals surface area contributed by atoms with Gasteiger partial charge in [-0.05, 0) is 56.7 Å². The molecule has 0 aliphatic rings. The van der Waals surface area contributed by atoms with Crippen LogP contribution in [0.2, 0.25) is 0 Å². The van der Waals surface area contributed by atoms with E-state index in [1.807, 2.05) is 0 Å². The highest BCUT2D eigenvalue weighted by molar-refractivity contribution is 14.1. The molecule has 2 rings (SSSR count). The van der Waals surface area contributed by atoms with E-state index in [1.165, 1.54) is 12.1 Å². The molecule has 2 aromatic rings. The highest BCUT2D eigenvalue weighted by Crippen LogP contribution is 2.23. The van der Waals surface area contributed by atoms with Gasteiger partial charge in [-0.2, -0.15) is 4.39 Å². The zero-order chi connectivity index (χ0) is 13.4. The quantitative estimate of drug-likeness (QED) is 0.682. The van der Waals surface area contributed by atoms with Crippen LogP contribution in [-0.2, 0) is 0 Å². The van der Waals surface area contributed by atoms with E-state index in [0.717, 1.165) is 3.57 Å². The zero-order valence-electron chi connectivity index (χ0n) is 8.58. The average Bonchev–Trinajstić information content (AvgIpc) is 2.31. The summed E-state index contributed by atoms with van der Waals surface area (Å²) in [4.78, 5) is 24.3. The summed E-state index contributed by atoms with van der Waals surface area (Å²) in [5.41, 5.74) is -1.93. The summed E-state index contributed by atoms with van der Waals surface area (Å²) in [5.74, 6) is -2.42. The molecule has 0 spiro atoms. The Morgan fingerprint density at radius 2 is 2.06 bits per heavy atom. The van der Waals surface area contributed by atoms with Gasteiger partial charge in [0.15, 0.2) is 0 Å². The van der Waals surface area contributed by atoms with Crippen LogP contribution >= 0.6 is 38.5 Å². The number of hydrogen-bond donors (Lipinski definition) is 2. The Hall–Kier alpha value is -1.16.